The second kappa shape index (κ2) is 9.02. The summed E-state index contributed by atoms with van der Waals surface area (Å²) in [6.07, 6.45) is 0.112. The van der Waals surface area contributed by atoms with Crippen molar-refractivity contribution in [1.29, 1.82) is 0 Å². The average molecular weight is 445 g/mol. The molecule has 0 spiro atoms. The number of benzene rings is 2. The summed E-state index contributed by atoms with van der Waals surface area (Å²) in [5, 5.41) is 21.9. The molecule has 0 aliphatic rings. The maximum atomic E-state index is 11.0. The molecule has 2 aromatic carbocycles. The molecular formula is C22H30O2Sn. The van der Waals surface area contributed by atoms with E-state index in [9.17, 15) is 10.2 Å². The van der Waals surface area contributed by atoms with Gasteiger partial charge in [-0.25, -0.2) is 0 Å². The Labute approximate surface area is 156 Å². The Hall–Kier alpha value is -1.10. The third-order valence-corrected chi connectivity index (χ3v) is 11.3. The molecule has 3 atom stereocenters. The van der Waals surface area contributed by atoms with Crippen LogP contribution in [0.3, 0.4) is 0 Å². The zero-order valence-electron chi connectivity index (χ0n) is 15.5. The summed E-state index contributed by atoms with van der Waals surface area (Å²) in [7, 11) is 0. The topological polar surface area (TPSA) is 40.5 Å². The second-order valence-electron chi connectivity index (χ2n) is 7.75. The van der Waals surface area contributed by atoms with E-state index in [0.29, 0.717) is 6.42 Å². The van der Waals surface area contributed by atoms with Crippen molar-refractivity contribution < 1.29 is 10.2 Å². The molecule has 3 heteroatoms. The van der Waals surface area contributed by atoms with Crippen molar-refractivity contribution in [3.63, 3.8) is 0 Å². The first-order valence-corrected chi connectivity index (χ1v) is 18.9. The van der Waals surface area contributed by atoms with Gasteiger partial charge in [-0.15, -0.1) is 0 Å². The average Bonchev–Trinajstić information content (AvgIpc) is 2.61. The molecule has 0 fully saturated rings. The fourth-order valence-corrected chi connectivity index (χ4v) is 6.98. The molecule has 0 aromatic heterocycles. The van der Waals surface area contributed by atoms with Crippen molar-refractivity contribution in [1.82, 2.24) is 0 Å². The number of aliphatic hydroxyl groups excluding tert-OH is 2. The van der Waals surface area contributed by atoms with E-state index in [1.165, 1.54) is 5.56 Å². The SMILES string of the molecule is C=[C]([C@@H]([C@@H](O)CCc1ccccc1)[C@@H](O)c1ccccc1)[Sn]([CH3])([CH3])[CH3]. The van der Waals surface area contributed by atoms with Crippen LogP contribution in [0.5, 0.6) is 0 Å². The van der Waals surface area contributed by atoms with Gasteiger partial charge < -0.3 is 0 Å². The van der Waals surface area contributed by atoms with Crippen molar-refractivity contribution in [2.24, 2.45) is 5.92 Å². The first kappa shape index (κ1) is 20.2. The zero-order valence-corrected chi connectivity index (χ0v) is 18.4. The van der Waals surface area contributed by atoms with Gasteiger partial charge in [-0.2, -0.15) is 0 Å². The van der Waals surface area contributed by atoms with Crippen LogP contribution in [0.4, 0.5) is 0 Å². The summed E-state index contributed by atoms with van der Waals surface area (Å²) in [6, 6.07) is 19.8. The van der Waals surface area contributed by atoms with Crippen LogP contribution in [0, 0.1) is 5.92 Å². The molecule has 2 nitrogen and oxygen atoms in total. The van der Waals surface area contributed by atoms with Crippen LogP contribution in [-0.4, -0.2) is 34.7 Å². The molecule has 0 aliphatic heterocycles. The monoisotopic (exact) mass is 446 g/mol. The normalized spacial score (nSPS) is 15.4. The second-order valence-corrected chi connectivity index (χ2v) is 22.4. The summed E-state index contributed by atoms with van der Waals surface area (Å²) >= 11 is -2.48. The summed E-state index contributed by atoms with van der Waals surface area (Å²) in [5.74, 6) is -0.304. The molecule has 2 rings (SSSR count). The van der Waals surface area contributed by atoms with E-state index in [2.05, 4.69) is 33.5 Å². The minimum absolute atomic E-state index is 0.304. The van der Waals surface area contributed by atoms with E-state index in [1.54, 1.807) is 0 Å². The van der Waals surface area contributed by atoms with Gasteiger partial charge in [0.25, 0.3) is 0 Å². The van der Waals surface area contributed by atoms with Gasteiger partial charge in [0.2, 0.25) is 0 Å². The molecule has 0 aliphatic carbocycles. The summed E-state index contributed by atoms with van der Waals surface area (Å²) in [4.78, 5) is 6.85. The van der Waals surface area contributed by atoms with Gasteiger partial charge in [0.1, 0.15) is 0 Å². The number of rotatable bonds is 8. The van der Waals surface area contributed by atoms with Gasteiger partial charge in [0, 0.05) is 0 Å². The summed E-state index contributed by atoms with van der Waals surface area (Å²) < 4.78 is 1.09. The first-order chi connectivity index (χ1) is 11.8. The van der Waals surface area contributed by atoms with Gasteiger partial charge in [0.15, 0.2) is 0 Å². The molecule has 0 bridgehead atoms. The molecule has 2 N–H and O–H groups in total. The number of hydrogen-bond donors (Lipinski definition) is 2. The fourth-order valence-electron chi connectivity index (χ4n) is 3.13. The van der Waals surface area contributed by atoms with Crippen LogP contribution < -0.4 is 0 Å². The maximum absolute atomic E-state index is 11.0. The van der Waals surface area contributed by atoms with Gasteiger partial charge in [0.05, 0.1) is 0 Å². The van der Waals surface area contributed by atoms with Crippen molar-refractivity contribution in [2.75, 3.05) is 0 Å². The number of aryl methyl sites for hydroxylation is 1. The molecule has 0 amide bonds. The van der Waals surface area contributed by atoms with E-state index < -0.39 is 30.6 Å². The predicted octanol–water partition coefficient (Wildman–Crippen LogP) is 4.76. The molecular weight excluding hydrogens is 415 g/mol. The van der Waals surface area contributed by atoms with Gasteiger partial charge in [-0.3, -0.25) is 0 Å². The Balaban J connectivity index is 2.20. The molecule has 0 heterocycles. The molecule has 134 valence electrons. The van der Waals surface area contributed by atoms with Crippen molar-refractivity contribution in [3.05, 3.63) is 82.0 Å². The molecule has 0 saturated carbocycles. The van der Waals surface area contributed by atoms with Crippen LogP contribution >= 0.6 is 0 Å². The van der Waals surface area contributed by atoms with Crippen molar-refractivity contribution >= 4 is 18.4 Å². The quantitative estimate of drug-likeness (QED) is 0.576. The summed E-state index contributed by atoms with van der Waals surface area (Å²) in [5.41, 5.74) is 2.06. The Morgan fingerprint density at radius 1 is 0.920 bits per heavy atom. The first-order valence-electron chi connectivity index (χ1n) is 8.95. The van der Waals surface area contributed by atoms with E-state index in [4.69, 9.17) is 0 Å². The van der Waals surface area contributed by atoms with E-state index in [-0.39, 0.29) is 5.92 Å². The van der Waals surface area contributed by atoms with Crippen LogP contribution in [0.2, 0.25) is 14.8 Å². The van der Waals surface area contributed by atoms with Gasteiger partial charge >= 0.3 is 156 Å². The minimum atomic E-state index is -2.48. The van der Waals surface area contributed by atoms with E-state index >= 15 is 0 Å². The van der Waals surface area contributed by atoms with Crippen LogP contribution in [0.15, 0.2) is 70.8 Å². The Morgan fingerprint density at radius 3 is 1.96 bits per heavy atom. The Morgan fingerprint density at radius 2 is 1.44 bits per heavy atom. The van der Waals surface area contributed by atoms with E-state index in [0.717, 1.165) is 15.6 Å². The molecule has 0 radical (unpaired) electrons. The Bertz CT molecular complexity index is 661. The third-order valence-electron chi connectivity index (χ3n) is 4.83. The van der Waals surface area contributed by atoms with Gasteiger partial charge in [-0.1, -0.05) is 0 Å². The number of hydrogen-bond acceptors (Lipinski definition) is 2. The molecule has 25 heavy (non-hydrogen) atoms. The van der Waals surface area contributed by atoms with Crippen molar-refractivity contribution in [2.45, 2.75) is 39.9 Å². The fraction of sp³-hybridized carbons (Fsp3) is 0.364. The standard InChI is InChI=1S/C19H21O2.3CH3.Sn/c1-2-17(19(21)16-11-7-4-8-12-16)18(20)14-13-15-9-5-3-6-10-15;;;;/h3-12,17-21H,1,13-14H2;3*1H3;/t17-,18-,19-;;;;/m0..../s1. The summed E-state index contributed by atoms with van der Waals surface area (Å²) in [6.45, 7) is 4.32. The van der Waals surface area contributed by atoms with Crippen LogP contribution in [0.1, 0.15) is 23.7 Å². The molecule has 2 aromatic rings. The molecule has 0 saturated heterocycles. The number of aliphatic hydroxyl groups is 2. The van der Waals surface area contributed by atoms with Crippen molar-refractivity contribution in [3.8, 4) is 0 Å². The van der Waals surface area contributed by atoms with Crippen LogP contribution in [0.25, 0.3) is 0 Å². The zero-order chi connectivity index (χ0) is 18.4. The van der Waals surface area contributed by atoms with Gasteiger partial charge in [-0.05, 0) is 0 Å². The van der Waals surface area contributed by atoms with Crippen LogP contribution in [-0.2, 0) is 6.42 Å². The third kappa shape index (κ3) is 5.70. The van der Waals surface area contributed by atoms with E-state index in [1.807, 2.05) is 48.5 Å². The Kier molecular flexibility index (Phi) is 7.29. The molecule has 0 unspecified atom stereocenters. The predicted molar refractivity (Wildman–Crippen MR) is 108 cm³/mol.